The van der Waals surface area contributed by atoms with E-state index < -0.39 is 0 Å². The van der Waals surface area contributed by atoms with Crippen LogP contribution in [0.25, 0.3) is 10.2 Å². The van der Waals surface area contributed by atoms with Crippen LogP contribution in [0.4, 0.5) is 0 Å². The smallest absolute Gasteiger partial charge is 0.280 e. The van der Waals surface area contributed by atoms with E-state index in [0.717, 1.165) is 29.5 Å². The number of hydrogen-bond acceptors (Lipinski definition) is 4. The van der Waals surface area contributed by atoms with Crippen molar-refractivity contribution in [1.82, 2.24) is 10.3 Å². The van der Waals surface area contributed by atoms with Gasteiger partial charge in [0.1, 0.15) is 0 Å². The van der Waals surface area contributed by atoms with Gasteiger partial charge in [-0.1, -0.05) is 25.5 Å². The van der Waals surface area contributed by atoms with Gasteiger partial charge in [-0.3, -0.25) is 4.79 Å². The SMILES string of the molecule is CCCC(CCO)CNC(=O)c1nc2ccccc2s1. The molecule has 0 fully saturated rings. The minimum atomic E-state index is -0.120. The van der Waals surface area contributed by atoms with Gasteiger partial charge in [0, 0.05) is 13.2 Å². The van der Waals surface area contributed by atoms with Crippen LogP contribution in [-0.2, 0) is 0 Å². The van der Waals surface area contributed by atoms with E-state index in [2.05, 4.69) is 17.2 Å². The van der Waals surface area contributed by atoms with Gasteiger partial charge in [-0.2, -0.15) is 0 Å². The molecular formula is C15H20N2O2S. The molecule has 0 bridgehead atoms. The molecule has 1 heterocycles. The molecule has 0 aliphatic carbocycles. The van der Waals surface area contributed by atoms with E-state index in [1.807, 2.05) is 24.3 Å². The molecular weight excluding hydrogens is 272 g/mol. The van der Waals surface area contributed by atoms with E-state index >= 15 is 0 Å². The number of aromatic nitrogens is 1. The first-order chi connectivity index (χ1) is 9.74. The van der Waals surface area contributed by atoms with Gasteiger partial charge >= 0.3 is 0 Å². The molecule has 5 heteroatoms. The molecule has 2 N–H and O–H groups in total. The monoisotopic (exact) mass is 292 g/mol. The van der Waals surface area contributed by atoms with Crippen molar-refractivity contribution in [1.29, 1.82) is 0 Å². The number of aliphatic hydroxyl groups is 1. The topological polar surface area (TPSA) is 62.2 Å². The van der Waals surface area contributed by atoms with Gasteiger partial charge in [-0.05, 0) is 30.9 Å². The highest BCUT2D eigenvalue weighted by Gasteiger charge is 2.14. The molecule has 108 valence electrons. The van der Waals surface area contributed by atoms with Crippen molar-refractivity contribution in [3.8, 4) is 0 Å². The standard InChI is InChI=1S/C15H20N2O2S/c1-2-5-11(8-9-18)10-16-14(19)15-17-12-6-3-4-7-13(12)20-15/h3-4,6-7,11,18H,2,5,8-10H2,1H3,(H,16,19). The molecule has 4 nitrogen and oxygen atoms in total. The first kappa shape index (κ1) is 14.9. The lowest BCUT2D eigenvalue weighted by atomic mass is 10.0. The summed E-state index contributed by atoms with van der Waals surface area (Å²) in [5.41, 5.74) is 0.864. The Morgan fingerprint density at radius 1 is 1.40 bits per heavy atom. The Kier molecular flexibility index (Phi) is 5.49. The predicted octanol–water partition coefficient (Wildman–Crippen LogP) is 2.82. The number of nitrogens with zero attached hydrogens (tertiary/aromatic N) is 1. The molecule has 0 saturated heterocycles. The quantitative estimate of drug-likeness (QED) is 0.825. The summed E-state index contributed by atoms with van der Waals surface area (Å²) >= 11 is 1.41. The average molecular weight is 292 g/mol. The molecule has 1 amide bonds. The second-order valence-electron chi connectivity index (χ2n) is 4.86. The van der Waals surface area contributed by atoms with E-state index in [-0.39, 0.29) is 12.5 Å². The van der Waals surface area contributed by atoms with E-state index in [1.165, 1.54) is 11.3 Å². The highest BCUT2D eigenvalue weighted by molar-refractivity contribution is 7.20. The van der Waals surface area contributed by atoms with E-state index in [1.54, 1.807) is 0 Å². The molecule has 0 aliphatic rings. The predicted molar refractivity (Wildman–Crippen MR) is 82.1 cm³/mol. The number of amides is 1. The summed E-state index contributed by atoms with van der Waals surface area (Å²) < 4.78 is 1.03. The van der Waals surface area contributed by atoms with Crippen LogP contribution in [0.15, 0.2) is 24.3 Å². The van der Waals surface area contributed by atoms with Crippen LogP contribution in [0.2, 0.25) is 0 Å². The lowest BCUT2D eigenvalue weighted by Crippen LogP contribution is -2.29. The fourth-order valence-corrected chi connectivity index (χ4v) is 3.10. The number of carbonyl (C=O) groups excluding carboxylic acids is 1. The Hall–Kier alpha value is -1.46. The van der Waals surface area contributed by atoms with Gasteiger partial charge in [0.05, 0.1) is 10.2 Å². The summed E-state index contributed by atoms with van der Waals surface area (Å²) in [5, 5.41) is 12.5. The normalized spacial score (nSPS) is 12.5. The molecule has 0 saturated carbocycles. The molecule has 1 unspecified atom stereocenters. The largest absolute Gasteiger partial charge is 0.396 e. The number of benzene rings is 1. The van der Waals surface area contributed by atoms with Crippen LogP contribution >= 0.6 is 11.3 Å². The van der Waals surface area contributed by atoms with Crippen molar-refractivity contribution in [3.05, 3.63) is 29.3 Å². The van der Waals surface area contributed by atoms with Crippen molar-refractivity contribution in [2.24, 2.45) is 5.92 Å². The van der Waals surface area contributed by atoms with Gasteiger partial charge in [0.15, 0.2) is 5.01 Å². The Labute approximate surface area is 122 Å². The summed E-state index contributed by atoms with van der Waals surface area (Å²) in [7, 11) is 0. The minimum absolute atomic E-state index is 0.120. The maximum Gasteiger partial charge on any atom is 0.280 e. The number of para-hydroxylation sites is 1. The van der Waals surface area contributed by atoms with Gasteiger partial charge in [-0.15, -0.1) is 11.3 Å². The number of hydrogen-bond donors (Lipinski definition) is 2. The van der Waals surface area contributed by atoms with Crippen LogP contribution in [0.3, 0.4) is 0 Å². The van der Waals surface area contributed by atoms with E-state index in [9.17, 15) is 4.79 Å². The molecule has 0 aliphatic heterocycles. The molecule has 0 radical (unpaired) electrons. The average Bonchev–Trinajstić information content (AvgIpc) is 2.89. The fraction of sp³-hybridized carbons (Fsp3) is 0.467. The van der Waals surface area contributed by atoms with Crippen molar-refractivity contribution in [3.63, 3.8) is 0 Å². The zero-order chi connectivity index (χ0) is 14.4. The summed E-state index contributed by atoms with van der Waals surface area (Å²) in [6.45, 7) is 2.88. The molecule has 1 aromatic carbocycles. The Morgan fingerprint density at radius 3 is 2.90 bits per heavy atom. The Bertz CT molecular complexity index is 529. The first-order valence-corrected chi connectivity index (χ1v) is 7.81. The number of rotatable bonds is 7. The van der Waals surface area contributed by atoms with E-state index in [4.69, 9.17) is 5.11 Å². The van der Waals surface area contributed by atoms with E-state index in [0.29, 0.717) is 17.5 Å². The summed E-state index contributed by atoms with van der Waals surface area (Å²) in [5.74, 6) is 0.216. The number of thiazole rings is 1. The Balaban J connectivity index is 1.97. The second kappa shape index (κ2) is 7.36. The zero-order valence-corrected chi connectivity index (χ0v) is 12.4. The summed E-state index contributed by atoms with van der Waals surface area (Å²) in [4.78, 5) is 16.4. The molecule has 0 spiro atoms. The van der Waals surface area contributed by atoms with Crippen molar-refractivity contribution >= 4 is 27.5 Å². The Morgan fingerprint density at radius 2 is 2.20 bits per heavy atom. The van der Waals surface area contributed by atoms with Gasteiger partial charge in [0.2, 0.25) is 0 Å². The van der Waals surface area contributed by atoms with Crippen molar-refractivity contribution < 1.29 is 9.90 Å². The van der Waals surface area contributed by atoms with Gasteiger partial charge < -0.3 is 10.4 Å². The van der Waals surface area contributed by atoms with Gasteiger partial charge in [0.25, 0.3) is 5.91 Å². The molecule has 2 rings (SSSR count). The number of carbonyl (C=O) groups is 1. The summed E-state index contributed by atoms with van der Waals surface area (Å²) in [6, 6.07) is 7.74. The first-order valence-electron chi connectivity index (χ1n) is 6.99. The van der Waals surface area contributed by atoms with Crippen LogP contribution < -0.4 is 5.32 Å². The number of nitrogens with one attached hydrogen (secondary N) is 1. The fourth-order valence-electron chi connectivity index (χ4n) is 2.22. The van der Waals surface area contributed by atoms with Crippen LogP contribution in [0.1, 0.15) is 36.0 Å². The highest BCUT2D eigenvalue weighted by Crippen LogP contribution is 2.21. The molecule has 2 aromatic rings. The molecule has 1 atom stereocenters. The van der Waals surface area contributed by atoms with Crippen molar-refractivity contribution in [2.45, 2.75) is 26.2 Å². The minimum Gasteiger partial charge on any atom is -0.396 e. The number of aliphatic hydroxyl groups excluding tert-OH is 1. The van der Waals surface area contributed by atoms with Crippen LogP contribution in [0.5, 0.6) is 0 Å². The molecule has 1 aromatic heterocycles. The van der Waals surface area contributed by atoms with Gasteiger partial charge in [-0.25, -0.2) is 4.98 Å². The third-order valence-electron chi connectivity index (χ3n) is 3.27. The maximum absolute atomic E-state index is 12.1. The third kappa shape index (κ3) is 3.77. The maximum atomic E-state index is 12.1. The second-order valence-corrected chi connectivity index (χ2v) is 5.89. The lowest BCUT2D eigenvalue weighted by Gasteiger charge is -2.14. The van der Waals surface area contributed by atoms with Crippen LogP contribution in [0, 0.1) is 5.92 Å². The highest BCUT2D eigenvalue weighted by atomic mass is 32.1. The zero-order valence-electron chi connectivity index (χ0n) is 11.6. The summed E-state index contributed by atoms with van der Waals surface area (Å²) in [6.07, 6.45) is 2.80. The molecule has 20 heavy (non-hydrogen) atoms. The number of fused-ring (bicyclic) bond motifs is 1. The lowest BCUT2D eigenvalue weighted by molar-refractivity contribution is 0.0942. The third-order valence-corrected chi connectivity index (χ3v) is 4.31. The van der Waals surface area contributed by atoms with Crippen molar-refractivity contribution in [2.75, 3.05) is 13.2 Å². The van der Waals surface area contributed by atoms with Crippen LogP contribution in [-0.4, -0.2) is 29.1 Å².